The summed E-state index contributed by atoms with van der Waals surface area (Å²) in [7, 11) is 0. The second-order valence-corrected chi connectivity index (χ2v) is 5.84. The molecule has 1 aromatic carbocycles. The Kier molecular flexibility index (Phi) is 5.29. The van der Waals surface area contributed by atoms with Crippen LogP contribution in [0, 0.1) is 11.3 Å². The van der Waals surface area contributed by atoms with Gasteiger partial charge in [0, 0.05) is 11.8 Å². The molecule has 1 aliphatic carbocycles. The fraction of sp³-hybridized carbons (Fsp3) is 0.467. The number of hydrogen-bond donors (Lipinski definition) is 1. The Bertz CT molecular complexity index is 458. The Morgan fingerprint density at radius 3 is 2.63 bits per heavy atom. The molecule has 0 spiro atoms. The zero-order chi connectivity index (χ0) is 13.5. The van der Waals surface area contributed by atoms with Crippen LogP contribution in [-0.2, 0) is 10.5 Å². The Labute approximate surface area is 118 Å². The molecule has 2 rings (SSSR count). The summed E-state index contributed by atoms with van der Waals surface area (Å²) >= 11 is 1.62. The van der Waals surface area contributed by atoms with Crippen molar-refractivity contribution in [3.63, 3.8) is 0 Å². The Morgan fingerprint density at radius 1 is 1.32 bits per heavy atom. The van der Waals surface area contributed by atoms with Crippen molar-refractivity contribution in [1.82, 2.24) is 5.32 Å². The second-order valence-electron chi connectivity index (χ2n) is 4.85. The number of nitrogens with one attached hydrogen (secondary N) is 1. The van der Waals surface area contributed by atoms with Crippen molar-refractivity contribution in [1.29, 1.82) is 5.26 Å². The van der Waals surface area contributed by atoms with Crippen molar-refractivity contribution in [3.05, 3.63) is 35.4 Å². The molecular formula is C15H18N2OS. The molecule has 0 bridgehead atoms. The largest absolute Gasteiger partial charge is 0.353 e. The van der Waals surface area contributed by atoms with Crippen LogP contribution in [0.4, 0.5) is 0 Å². The minimum Gasteiger partial charge on any atom is -0.353 e. The van der Waals surface area contributed by atoms with E-state index in [0.717, 1.165) is 24.2 Å². The molecule has 1 aromatic rings. The Balaban J connectivity index is 1.67. The van der Waals surface area contributed by atoms with E-state index in [-0.39, 0.29) is 5.91 Å². The van der Waals surface area contributed by atoms with Crippen molar-refractivity contribution >= 4 is 17.7 Å². The van der Waals surface area contributed by atoms with Crippen LogP contribution in [0.15, 0.2) is 24.3 Å². The Hall–Kier alpha value is -1.47. The van der Waals surface area contributed by atoms with E-state index < -0.39 is 0 Å². The fourth-order valence-electron chi connectivity index (χ4n) is 2.28. The van der Waals surface area contributed by atoms with Crippen molar-refractivity contribution in [3.8, 4) is 6.07 Å². The summed E-state index contributed by atoms with van der Waals surface area (Å²) in [5.74, 6) is 1.46. The van der Waals surface area contributed by atoms with E-state index in [0.29, 0.717) is 17.4 Å². The van der Waals surface area contributed by atoms with Gasteiger partial charge in [-0.2, -0.15) is 5.26 Å². The molecule has 4 heteroatoms. The van der Waals surface area contributed by atoms with Gasteiger partial charge in [0.25, 0.3) is 0 Å². The van der Waals surface area contributed by atoms with Crippen LogP contribution >= 0.6 is 11.8 Å². The third-order valence-electron chi connectivity index (χ3n) is 3.31. The number of amides is 1. The van der Waals surface area contributed by atoms with E-state index in [1.54, 1.807) is 11.8 Å². The second kappa shape index (κ2) is 7.20. The van der Waals surface area contributed by atoms with Crippen LogP contribution in [0.1, 0.15) is 36.8 Å². The van der Waals surface area contributed by atoms with Gasteiger partial charge in [-0.25, -0.2) is 0 Å². The number of nitriles is 1. The van der Waals surface area contributed by atoms with Gasteiger partial charge in [-0.3, -0.25) is 4.79 Å². The smallest absolute Gasteiger partial charge is 0.230 e. The molecule has 0 aliphatic heterocycles. The molecule has 1 N–H and O–H groups in total. The molecule has 1 amide bonds. The maximum absolute atomic E-state index is 11.7. The minimum absolute atomic E-state index is 0.144. The predicted molar refractivity (Wildman–Crippen MR) is 77.7 cm³/mol. The van der Waals surface area contributed by atoms with Gasteiger partial charge in [-0.05, 0) is 30.5 Å². The molecule has 1 saturated carbocycles. The number of thioether (sulfide) groups is 1. The van der Waals surface area contributed by atoms with E-state index in [4.69, 9.17) is 5.26 Å². The standard InChI is InChI=1S/C15H18N2OS/c16-9-12-5-7-13(8-6-12)10-19-11-15(18)17-14-3-1-2-4-14/h5-8,14H,1-4,10-11H2,(H,17,18). The topological polar surface area (TPSA) is 52.9 Å². The minimum atomic E-state index is 0.144. The van der Waals surface area contributed by atoms with Crippen molar-refractivity contribution < 1.29 is 4.79 Å². The lowest BCUT2D eigenvalue weighted by molar-refractivity contribution is -0.119. The van der Waals surface area contributed by atoms with E-state index >= 15 is 0 Å². The van der Waals surface area contributed by atoms with Crippen LogP contribution in [0.5, 0.6) is 0 Å². The maximum Gasteiger partial charge on any atom is 0.230 e. The van der Waals surface area contributed by atoms with E-state index in [2.05, 4.69) is 11.4 Å². The first-order chi connectivity index (χ1) is 9.28. The summed E-state index contributed by atoms with van der Waals surface area (Å²) in [6.45, 7) is 0. The molecule has 19 heavy (non-hydrogen) atoms. The molecule has 3 nitrogen and oxygen atoms in total. The zero-order valence-electron chi connectivity index (χ0n) is 10.9. The Morgan fingerprint density at radius 2 is 2.00 bits per heavy atom. The molecular weight excluding hydrogens is 256 g/mol. The van der Waals surface area contributed by atoms with Gasteiger partial charge in [0.15, 0.2) is 0 Å². The molecule has 0 aromatic heterocycles. The average molecular weight is 274 g/mol. The first kappa shape index (κ1) is 14.0. The molecule has 1 aliphatic rings. The first-order valence-electron chi connectivity index (χ1n) is 6.64. The molecule has 0 heterocycles. The highest BCUT2D eigenvalue weighted by Gasteiger charge is 2.16. The summed E-state index contributed by atoms with van der Waals surface area (Å²) < 4.78 is 0. The van der Waals surface area contributed by atoms with E-state index in [9.17, 15) is 4.79 Å². The van der Waals surface area contributed by atoms with Crippen molar-refractivity contribution in [2.45, 2.75) is 37.5 Å². The molecule has 0 unspecified atom stereocenters. The van der Waals surface area contributed by atoms with E-state index in [1.807, 2.05) is 24.3 Å². The molecule has 100 valence electrons. The highest BCUT2D eigenvalue weighted by atomic mass is 32.2. The lowest BCUT2D eigenvalue weighted by Crippen LogP contribution is -2.33. The normalized spacial score (nSPS) is 15.1. The quantitative estimate of drug-likeness (QED) is 0.898. The number of hydrogen-bond acceptors (Lipinski definition) is 3. The average Bonchev–Trinajstić information content (AvgIpc) is 2.92. The highest BCUT2D eigenvalue weighted by Crippen LogP contribution is 2.18. The molecule has 0 radical (unpaired) electrons. The van der Waals surface area contributed by atoms with Gasteiger partial charge in [-0.15, -0.1) is 11.8 Å². The van der Waals surface area contributed by atoms with Gasteiger partial charge < -0.3 is 5.32 Å². The number of nitrogens with zero attached hydrogens (tertiary/aromatic N) is 1. The van der Waals surface area contributed by atoms with Gasteiger partial charge >= 0.3 is 0 Å². The maximum atomic E-state index is 11.7. The monoisotopic (exact) mass is 274 g/mol. The fourth-order valence-corrected chi connectivity index (χ4v) is 3.08. The van der Waals surface area contributed by atoms with Crippen LogP contribution in [-0.4, -0.2) is 17.7 Å². The summed E-state index contributed by atoms with van der Waals surface area (Å²) in [4.78, 5) is 11.7. The molecule has 1 fully saturated rings. The third kappa shape index (κ3) is 4.60. The number of rotatable bonds is 5. The predicted octanol–water partition coefficient (Wildman–Crippen LogP) is 2.85. The van der Waals surface area contributed by atoms with Crippen molar-refractivity contribution in [2.24, 2.45) is 0 Å². The van der Waals surface area contributed by atoms with Gasteiger partial charge in [0.05, 0.1) is 17.4 Å². The van der Waals surface area contributed by atoms with Crippen LogP contribution in [0.3, 0.4) is 0 Å². The highest BCUT2D eigenvalue weighted by molar-refractivity contribution is 7.99. The van der Waals surface area contributed by atoms with Gasteiger partial charge in [0.2, 0.25) is 5.91 Å². The zero-order valence-corrected chi connectivity index (χ0v) is 11.7. The molecule has 0 atom stereocenters. The summed E-state index contributed by atoms with van der Waals surface area (Å²) in [5.41, 5.74) is 1.82. The number of benzene rings is 1. The summed E-state index contributed by atoms with van der Waals surface area (Å²) in [6.07, 6.45) is 4.74. The van der Waals surface area contributed by atoms with Gasteiger partial charge in [0.1, 0.15) is 0 Å². The number of carbonyl (C=O) groups excluding carboxylic acids is 1. The van der Waals surface area contributed by atoms with Crippen LogP contribution in [0.2, 0.25) is 0 Å². The third-order valence-corrected chi connectivity index (χ3v) is 4.31. The SMILES string of the molecule is N#Cc1ccc(CSCC(=O)NC2CCCC2)cc1. The summed E-state index contributed by atoms with van der Waals surface area (Å²) in [5, 5.41) is 11.8. The molecule has 0 saturated heterocycles. The van der Waals surface area contributed by atoms with E-state index in [1.165, 1.54) is 12.8 Å². The van der Waals surface area contributed by atoms with Crippen molar-refractivity contribution in [2.75, 3.05) is 5.75 Å². The lowest BCUT2D eigenvalue weighted by Gasteiger charge is -2.11. The first-order valence-corrected chi connectivity index (χ1v) is 7.79. The van der Waals surface area contributed by atoms with Crippen LogP contribution < -0.4 is 5.32 Å². The summed E-state index contributed by atoms with van der Waals surface area (Å²) in [6, 6.07) is 10.0. The number of carbonyl (C=O) groups is 1. The lowest BCUT2D eigenvalue weighted by atomic mass is 10.2. The van der Waals surface area contributed by atoms with Gasteiger partial charge in [-0.1, -0.05) is 25.0 Å². The van der Waals surface area contributed by atoms with Crippen LogP contribution in [0.25, 0.3) is 0 Å².